The van der Waals surface area contributed by atoms with E-state index in [9.17, 15) is 9.59 Å². The highest BCUT2D eigenvalue weighted by Crippen LogP contribution is 2.62. The fraction of sp³-hybridized carbons (Fsp3) is 0.364. The Morgan fingerprint density at radius 2 is 1.56 bits per heavy atom. The number of hydrogen-bond donors (Lipinski definition) is 0. The van der Waals surface area contributed by atoms with E-state index in [0.717, 1.165) is 12.8 Å². The zero-order valence-corrected chi connectivity index (χ0v) is 16.7. The Hall–Kier alpha value is -1.89. The summed E-state index contributed by atoms with van der Waals surface area (Å²) in [6, 6.07) is 17.6. The Bertz CT molecular complexity index is 896. The number of fused-ring (bicyclic) bond motifs is 7. The van der Waals surface area contributed by atoms with Crippen molar-refractivity contribution in [2.75, 3.05) is 0 Å². The second-order valence-corrected chi connectivity index (χ2v) is 8.59. The standard InChI is InChI=1S/C22H19IO4/c23-22(25)27-20-17-11-16(15-10-13-8-4-5-9-14(13)18(15)17)19(20)26-21(24)12-6-2-1-3-7-12/h1-9,15-20H,10-11H2. The lowest BCUT2D eigenvalue weighted by Gasteiger charge is -2.37. The predicted octanol–water partition coefficient (Wildman–Crippen LogP) is 4.76. The maximum atomic E-state index is 12.7. The van der Waals surface area contributed by atoms with Gasteiger partial charge >= 0.3 is 9.95 Å². The van der Waals surface area contributed by atoms with Crippen molar-refractivity contribution in [2.24, 2.45) is 17.8 Å². The highest BCUT2D eigenvalue weighted by Gasteiger charge is 2.63. The number of carbonyl (C=O) groups excluding carboxylic acids is 2. The van der Waals surface area contributed by atoms with E-state index in [0.29, 0.717) is 17.4 Å². The molecule has 0 amide bonds. The molecule has 27 heavy (non-hydrogen) atoms. The minimum Gasteiger partial charge on any atom is -0.455 e. The highest BCUT2D eigenvalue weighted by atomic mass is 127. The molecule has 5 rings (SSSR count). The second-order valence-electron chi connectivity index (χ2n) is 7.71. The molecule has 0 heterocycles. The second kappa shape index (κ2) is 6.62. The zero-order valence-electron chi connectivity index (χ0n) is 14.6. The van der Waals surface area contributed by atoms with Gasteiger partial charge in [-0.2, -0.15) is 0 Å². The molecular formula is C22H19IO4. The fourth-order valence-corrected chi connectivity index (χ4v) is 5.94. The summed E-state index contributed by atoms with van der Waals surface area (Å²) in [6.45, 7) is 0. The quantitative estimate of drug-likeness (QED) is 0.366. The summed E-state index contributed by atoms with van der Waals surface area (Å²) in [5.41, 5.74) is 3.31. The third-order valence-corrected chi connectivity index (χ3v) is 6.79. The summed E-state index contributed by atoms with van der Waals surface area (Å²) in [7, 11) is 0. The maximum absolute atomic E-state index is 12.7. The van der Waals surface area contributed by atoms with Gasteiger partial charge in [0.2, 0.25) is 0 Å². The van der Waals surface area contributed by atoms with Gasteiger partial charge in [0, 0.05) is 11.8 Å². The van der Waals surface area contributed by atoms with Gasteiger partial charge in [-0.15, -0.1) is 0 Å². The summed E-state index contributed by atoms with van der Waals surface area (Å²) in [5, 5.41) is 0. The van der Waals surface area contributed by atoms with E-state index in [2.05, 4.69) is 24.3 Å². The minimum atomic E-state index is -0.364. The minimum absolute atomic E-state index is 0.218. The number of ether oxygens (including phenoxy) is 2. The molecule has 6 unspecified atom stereocenters. The van der Waals surface area contributed by atoms with Crippen molar-refractivity contribution in [2.45, 2.75) is 31.0 Å². The van der Waals surface area contributed by atoms with Gasteiger partial charge in [0.05, 0.1) is 28.2 Å². The van der Waals surface area contributed by atoms with Crippen LogP contribution in [-0.4, -0.2) is 22.2 Å². The first-order chi connectivity index (χ1) is 13.1. The smallest absolute Gasteiger partial charge is 0.367 e. The molecule has 4 nitrogen and oxygen atoms in total. The molecule has 5 heteroatoms. The van der Waals surface area contributed by atoms with Crippen molar-refractivity contribution in [1.29, 1.82) is 0 Å². The molecular weight excluding hydrogens is 455 g/mol. The molecule has 0 N–H and O–H groups in total. The van der Waals surface area contributed by atoms with E-state index in [4.69, 9.17) is 9.47 Å². The first-order valence-corrected chi connectivity index (χ1v) is 10.4. The van der Waals surface area contributed by atoms with Crippen molar-refractivity contribution >= 4 is 32.5 Å². The van der Waals surface area contributed by atoms with Crippen LogP contribution in [0.4, 0.5) is 4.79 Å². The molecule has 0 aliphatic heterocycles. The van der Waals surface area contributed by atoms with Gasteiger partial charge < -0.3 is 9.47 Å². The van der Waals surface area contributed by atoms with E-state index in [-0.39, 0.29) is 34.0 Å². The van der Waals surface area contributed by atoms with Crippen molar-refractivity contribution < 1.29 is 19.1 Å². The normalized spacial score (nSPS) is 32.6. The first-order valence-electron chi connectivity index (χ1n) is 9.33. The molecule has 2 fully saturated rings. The van der Waals surface area contributed by atoms with Crippen LogP contribution in [0.2, 0.25) is 0 Å². The molecule has 0 spiro atoms. The Labute approximate surface area is 171 Å². The van der Waals surface area contributed by atoms with Crippen LogP contribution in [0.15, 0.2) is 54.6 Å². The van der Waals surface area contributed by atoms with E-state index < -0.39 is 0 Å². The Balaban J connectivity index is 1.45. The van der Waals surface area contributed by atoms with E-state index in [1.165, 1.54) is 11.1 Å². The van der Waals surface area contributed by atoms with Crippen molar-refractivity contribution in [1.82, 2.24) is 0 Å². The Morgan fingerprint density at radius 1 is 0.852 bits per heavy atom. The summed E-state index contributed by atoms with van der Waals surface area (Å²) in [6.07, 6.45) is 1.24. The van der Waals surface area contributed by atoms with Gasteiger partial charge in [0.15, 0.2) is 0 Å². The van der Waals surface area contributed by atoms with E-state index >= 15 is 0 Å². The largest absolute Gasteiger partial charge is 0.455 e. The highest BCUT2D eigenvalue weighted by molar-refractivity contribution is 14.1. The van der Waals surface area contributed by atoms with Crippen LogP contribution < -0.4 is 0 Å². The van der Waals surface area contributed by atoms with E-state index in [1.54, 1.807) is 34.7 Å². The number of rotatable bonds is 3. The summed E-state index contributed by atoms with van der Waals surface area (Å²) >= 11 is 1.67. The van der Waals surface area contributed by atoms with Gasteiger partial charge in [0.1, 0.15) is 12.2 Å². The van der Waals surface area contributed by atoms with Crippen LogP contribution >= 0.6 is 22.6 Å². The molecule has 3 aliphatic rings. The fourth-order valence-electron chi connectivity index (χ4n) is 5.64. The van der Waals surface area contributed by atoms with Crippen molar-refractivity contribution in [3.63, 3.8) is 0 Å². The molecule has 0 aromatic heterocycles. The molecule has 2 aromatic carbocycles. The lowest BCUT2D eigenvalue weighted by Crippen LogP contribution is -2.44. The van der Waals surface area contributed by atoms with Crippen LogP contribution in [-0.2, 0) is 15.9 Å². The van der Waals surface area contributed by atoms with Crippen LogP contribution in [0.5, 0.6) is 0 Å². The van der Waals surface area contributed by atoms with Gasteiger partial charge in [-0.05, 0) is 47.9 Å². The van der Waals surface area contributed by atoms with Gasteiger partial charge in [0.25, 0.3) is 0 Å². The number of halogens is 1. The van der Waals surface area contributed by atoms with Crippen LogP contribution in [0.1, 0.15) is 33.8 Å². The van der Waals surface area contributed by atoms with Crippen LogP contribution in [0, 0.1) is 17.8 Å². The number of carbonyl (C=O) groups is 2. The average molecular weight is 474 g/mol. The molecule has 2 bridgehead atoms. The van der Waals surface area contributed by atoms with Crippen molar-refractivity contribution in [3.8, 4) is 0 Å². The summed E-state index contributed by atoms with van der Waals surface area (Å²) in [5.74, 6) is 0.982. The van der Waals surface area contributed by atoms with Crippen molar-refractivity contribution in [3.05, 3.63) is 71.3 Å². The van der Waals surface area contributed by atoms with Gasteiger partial charge in [-0.3, -0.25) is 0 Å². The number of benzene rings is 2. The van der Waals surface area contributed by atoms with E-state index in [1.807, 2.05) is 18.2 Å². The monoisotopic (exact) mass is 474 g/mol. The SMILES string of the molecule is O=C(I)OC1C2CC(C3Cc4ccccc4C32)C1OC(=O)c1ccccc1. The summed E-state index contributed by atoms with van der Waals surface area (Å²) < 4.78 is 11.3. The molecule has 0 saturated heterocycles. The molecule has 3 aliphatic carbocycles. The first kappa shape index (κ1) is 17.2. The lowest BCUT2D eigenvalue weighted by molar-refractivity contribution is -0.0573. The Morgan fingerprint density at radius 3 is 2.33 bits per heavy atom. The van der Waals surface area contributed by atoms with Gasteiger partial charge in [-0.1, -0.05) is 42.5 Å². The topological polar surface area (TPSA) is 52.6 Å². The van der Waals surface area contributed by atoms with Crippen LogP contribution in [0.3, 0.4) is 0 Å². The number of esters is 1. The molecule has 2 saturated carbocycles. The predicted molar refractivity (Wildman–Crippen MR) is 108 cm³/mol. The molecule has 0 radical (unpaired) electrons. The Kier molecular flexibility index (Phi) is 4.22. The molecule has 6 atom stereocenters. The summed E-state index contributed by atoms with van der Waals surface area (Å²) in [4.78, 5) is 24.4. The lowest BCUT2D eigenvalue weighted by atomic mass is 9.76. The zero-order chi connectivity index (χ0) is 18.5. The average Bonchev–Trinajstić information content (AvgIpc) is 3.32. The van der Waals surface area contributed by atoms with Gasteiger partial charge in [-0.25, -0.2) is 9.59 Å². The van der Waals surface area contributed by atoms with Crippen LogP contribution in [0.25, 0.3) is 0 Å². The molecule has 138 valence electrons. The third kappa shape index (κ3) is 2.78. The molecule has 2 aromatic rings. The maximum Gasteiger partial charge on any atom is 0.367 e. The third-order valence-electron chi connectivity index (χ3n) is 6.54. The number of hydrogen-bond acceptors (Lipinski definition) is 4.